The fourth-order valence-electron chi connectivity index (χ4n) is 2.92. The van der Waals surface area contributed by atoms with Gasteiger partial charge in [0, 0.05) is 10.8 Å². The van der Waals surface area contributed by atoms with Crippen molar-refractivity contribution in [3.8, 4) is 5.75 Å². The SMILES string of the molecule is Cc1ccc(N=Nc2c(O)c3ccccc3c3ccccc23)cc1. The molecule has 0 heterocycles. The summed E-state index contributed by atoms with van der Waals surface area (Å²) >= 11 is 0. The number of fused-ring (bicyclic) bond motifs is 3. The van der Waals surface area contributed by atoms with Crippen LogP contribution in [0.5, 0.6) is 5.75 Å². The molecule has 0 aliphatic rings. The van der Waals surface area contributed by atoms with Gasteiger partial charge in [0.05, 0.1) is 5.69 Å². The second-order valence-electron chi connectivity index (χ2n) is 5.82. The van der Waals surface area contributed by atoms with Crippen molar-refractivity contribution in [3.63, 3.8) is 0 Å². The molecule has 0 amide bonds. The van der Waals surface area contributed by atoms with Gasteiger partial charge < -0.3 is 5.11 Å². The average Bonchev–Trinajstić information content (AvgIpc) is 2.63. The van der Waals surface area contributed by atoms with Crippen LogP contribution in [0.2, 0.25) is 0 Å². The molecule has 24 heavy (non-hydrogen) atoms. The van der Waals surface area contributed by atoms with Crippen molar-refractivity contribution in [3.05, 3.63) is 78.4 Å². The largest absolute Gasteiger partial charge is 0.505 e. The third-order valence-corrected chi connectivity index (χ3v) is 4.18. The number of phenols is 1. The molecule has 3 heteroatoms. The molecule has 0 saturated carbocycles. The second kappa shape index (κ2) is 5.78. The van der Waals surface area contributed by atoms with Crippen LogP contribution in [0.3, 0.4) is 0 Å². The number of rotatable bonds is 2. The minimum Gasteiger partial charge on any atom is -0.505 e. The Balaban J connectivity index is 1.96. The molecule has 0 aliphatic carbocycles. The standard InChI is InChI=1S/C21H16N2O/c1-14-10-12-15(13-11-14)22-23-20-18-8-4-2-6-16(18)17-7-3-5-9-19(17)21(20)24/h2-13,24H,1H3. The van der Waals surface area contributed by atoms with E-state index in [1.165, 1.54) is 5.56 Å². The lowest BCUT2D eigenvalue weighted by Crippen LogP contribution is -1.80. The van der Waals surface area contributed by atoms with Crippen LogP contribution in [0.1, 0.15) is 5.56 Å². The molecule has 0 atom stereocenters. The van der Waals surface area contributed by atoms with Crippen molar-refractivity contribution in [1.82, 2.24) is 0 Å². The maximum atomic E-state index is 10.7. The highest BCUT2D eigenvalue weighted by Crippen LogP contribution is 2.43. The molecule has 3 nitrogen and oxygen atoms in total. The predicted octanol–water partition coefficient (Wildman–Crippen LogP) is 6.42. The summed E-state index contributed by atoms with van der Waals surface area (Å²) in [5.74, 6) is 0.167. The molecule has 0 unspecified atom stereocenters. The highest BCUT2D eigenvalue weighted by atomic mass is 16.3. The van der Waals surface area contributed by atoms with Crippen molar-refractivity contribution in [2.75, 3.05) is 0 Å². The molecular weight excluding hydrogens is 296 g/mol. The van der Waals surface area contributed by atoms with Gasteiger partial charge in [-0.05, 0) is 29.8 Å². The average molecular weight is 312 g/mol. The van der Waals surface area contributed by atoms with E-state index < -0.39 is 0 Å². The van der Waals surface area contributed by atoms with E-state index in [9.17, 15) is 5.11 Å². The van der Waals surface area contributed by atoms with Gasteiger partial charge in [0.1, 0.15) is 5.69 Å². The van der Waals surface area contributed by atoms with Crippen LogP contribution < -0.4 is 0 Å². The van der Waals surface area contributed by atoms with E-state index in [2.05, 4.69) is 10.2 Å². The van der Waals surface area contributed by atoms with Gasteiger partial charge in [-0.1, -0.05) is 66.2 Å². The Kier molecular flexibility index (Phi) is 3.47. The van der Waals surface area contributed by atoms with Gasteiger partial charge in [0.2, 0.25) is 0 Å². The minimum atomic E-state index is 0.167. The van der Waals surface area contributed by atoms with Gasteiger partial charge in [0.25, 0.3) is 0 Å². The Labute approximate surface area is 139 Å². The zero-order chi connectivity index (χ0) is 16.5. The minimum absolute atomic E-state index is 0.167. The maximum absolute atomic E-state index is 10.7. The van der Waals surface area contributed by atoms with Gasteiger partial charge in [-0.3, -0.25) is 0 Å². The zero-order valence-electron chi connectivity index (χ0n) is 13.3. The molecule has 1 N–H and O–H groups in total. The molecule has 4 aromatic rings. The summed E-state index contributed by atoms with van der Waals surface area (Å²) in [6.07, 6.45) is 0. The lowest BCUT2D eigenvalue weighted by molar-refractivity contribution is 0.483. The zero-order valence-corrected chi connectivity index (χ0v) is 13.3. The van der Waals surface area contributed by atoms with E-state index >= 15 is 0 Å². The quantitative estimate of drug-likeness (QED) is 0.337. The Morgan fingerprint density at radius 3 is 1.83 bits per heavy atom. The summed E-state index contributed by atoms with van der Waals surface area (Å²) in [6.45, 7) is 2.03. The lowest BCUT2D eigenvalue weighted by Gasteiger charge is -2.09. The van der Waals surface area contributed by atoms with Crippen LogP contribution in [0, 0.1) is 6.92 Å². The fourth-order valence-corrected chi connectivity index (χ4v) is 2.92. The van der Waals surface area contributed by atoms with Crippen LogP contribution in [0.4, 0.5) is 11.4 Å². The third kappa shape index (κ3) is 2.40. The first-order valence-corrected chi connectivity index (χ1v) is 7.85. The third-order valence-electron chi connectivity index (χ3n) is 4.18. The molecule has 0 aliphatic heterocycles. The Morgan fingerprint density at radius 2 is 1.17 bits per heavy atom. The molecule has 0 radical (unpaired) electrons. The summed E-state index contributed by atoms with van der Waals surface area (Å²) in [7, 11) is 0. The van der Waals surface area contributed by atoms with Crippen LogP contribution >= 0.6 is 0 Å². The van der Waals surface area contributed by atoms with Crippen molar-refractivity contribution >= 4 is 32.9 Å². The first-order valence-electron chi connectivity index (χ1n) is 7.85. The molecule has 116 valence electrons. The number of aromatic hydroxyl groups is 1. The summed E-state index contributed by atoms with van der Waals surface area (Å²) in [6, 6.07) is 23.6. The number of nitrogens with zero attached hydrogens (tertiary/aromatic N) is 2. The van der Waals surface area contributed by atoms with E-state index in [4.69, 9.17) is 0 Å². The highest BCUT2D eigenvalue weighted by Gasteiger charge is 2.12. The molecule has 0 saturated heterocycles. The predicted molar refractivity (Wildman–Crippen MR) is 98.5 cm³/mol. The van der Waals surface area contributed by atoms with Crippen molar-refractivity contribution in [1.29, 1.82) is 0 Å². The fraction of sp³-hybridized carbons (Fsp3) is 0.0476. The molecule has 0 fully saturated rings. The van der Waals surface area contributed by atoms with E-state index in [-0.39, 0.29) is 5.75 Å². The molecule has 0 bridgehead atoms. The summed E-state index contributed by atoms with van der Waals surface area (Å²) in [5, 5.41) is 23.1. The number of hydrogen-bond donors (Lipinski definition) is 1. The van der Waals surface area contributed by atoms with Crippen LogP contribution in [-0.4, -0.2) is 5.11 Å². The van der Waals surface area contributed by atoms with Gasteiger partial charge in [-0.15, -0.1) is 5.11 Å². The maximum Gasteiger partial charge on any atom is 0.151 e. The van der Waals surface area contributed by atoms with Gasteiger partial charge >= 0.3 is 0 Å². The first kappa shape index (κ1) is 14.4. The molecule has 0 spiro atoms. The van der Waals surface area contributed by atoms with Gasteiger partial charge in [-0.2, -0.15) is 5.11 Å². The van der Waals surface area contributed by atoms with Crippen LogP contribution in [0.25, 0.3) is 21.5 Å². The Morgan fingerprint density at radius 1 is 0.625 bits per heavy atom. The van der Waals surface area contributed by atoms with Gasteiger partial charge in [-0.25, -0.2) is 0 Å². The van der Waals surface area contributed by atoms with E-state index in [0.717, 1.165) is 27.2 Å². The lowest BCUT2D eigenvalue weighted by atomic mass is 9.99. The Bertz CT molecular complexity index is 1070. The van der Waals surface area contributed by atoms with Crippen molar-refractivity contribution < 1.29 is 5.11 Å². The molecular formula is C21H16N2O. The second-order valence-corrected chi connectivity index (χ2v) is 5.82. The monoisotopic (exact) mass is 312 g/mol. The van der Waals surface area contributed by atoms with E-state index in [1.807, 2.05) is 79.7 Å². The number of phenolic OH excluding ortho intramolecular Hbond substituents is 1. The molecule has 0 aromatic heterocycles. The summed E-state index contributed by atoms with van der Waals surface area (Å²) < 4.78 is 0. The van der Waals surface area contributed by atoms with E-state index in [0.29, 0.717) is 5.69 Å². The van der Waals surface area contributed by atoms with E-state index in [1.54, 1.807) is 0 Å². The van der Waals surface area contributed by atoms with Crippen molar-refractivity contribution in [2.24, 2.45) is 10.2 Å². The topological polar surface area (TPSA) is 45.0 Å². The van der Waals surface area contributed by atoms with Crippen molar-refractivity contribution in [2.45, 2.75) is 6.92 Å². The smallest absolute Gasteiger partial charge is 0.151 e. The molecule has 4 rings (SSSR count). The first-order chi connectivity index (χ1) is 11.7. The van der Waals surface area contributed by atoms with Crippen LogP contribution in [0.15, 0.2) is 83.0 Å². The molecule has 4 aromatic carbocycles. The number of aryl methyl sites for hydroxylation is 1. The number of benzene rings is 4. The highest BCUT2D eigenvalue weighted by molar-refractivity contribution is 6.15. The number of azo groups is 1. The summed E-state index contributed by atoms with van der Waals surface area (Å²) in [5.41, 5.74) is 2.44. The number of hydrogen-bond acceptors (Lipinski definition) is 3. The normalized spacial score (nSPS) is 11.5. The summed E-state index contributed by atoms with van der Waals surface area (Å²) in [4.78, 5) is 0. The van der Waals surface area contributed by atoms with Crippen LogP contribution in [-0.2, 0) is 0 Å². The Hall–Kier alpha value is -3.20. The van der Waals surface area contributed by atoms with Gasteiger partial charge in [0.15, 0.2) is 5.75 Å².